The van der Waals surface area contributed by atoms with Gasteiger partial charge in [-0.15, -0.1) is 0 Å². The van der Waals surface area contributed by atoms with E-state index in [0.717, 1.165) is 39.3 Å². The summed E-state index contributed by atoms with van der Waals surface area (Å²) >= 11 is 0. The van der Waals surface area contributed by atoms with Crippen LogP contribution < -0.4 is 19.3 Å². The molecule has 0 spiro atoms. The Kier molecular flexibility index (Phi) is 7.89. The SMILES string of the molecule is COc1ccccc1N(C)S(=O)(=O)c1ccc(C(=O)NCCC[NH+]2CCOCC2)cc1. The first-order valence-corrected chi connectivity index (χ1v) is 11.8. The van der Waals surface area contributed by atoms with Crippen LogP contribution in [0, 0.1) is 0 Å². The van der Waals surface area contributed by atoms with Crippen LogP contribution in [0.3, 0.4) is 0 Å². The molecule has 1 saturated heterocycles. The Hall–Kier alpha value is -2.62. The molecule has 168 valence electrons. The summed E-state index contributed by atoms with van der Waals surface area (Å²) < 4.78 is 37.8. The molecule has 2 aromatic carbocycles. The van der Waals surface area contributed by atoms with Gasteiger partial charge in [0.1, 0.15) is 18.8 Å². The number of nitrogens with one attached hydrogen (secondary N) is 2. The Morgan fingerprint density at radius 3 is 2.48 bits per heavy atom. The number of anilines is 1. The van der Waals surface area contributed by atoms with E-state index in [-0.39, 0.29) is 10.8 Å². The van der Waals surface area contributed by atoms with Crippen molar-refractivity contribution in [2.24, 2.45) is 0 Å². The maximum absolute atomic E-state index is 13.0. The fraction of sp³-hybridized carbons (Fsp3) is 0.409. The second-order valence-electron chi connectivity index (χ2n) is 7.39. The molecule has 1 aliphatic heterocycles. The van der Waals surface area contributed by atoms with Crippen LogP contribution in [0.2, 0.25) is 0 Å². The normalized spacial score (nSPS) is 14.8. The first kappa shape index (κ1) is 23.1. The zero-order valence-electron chi connectivity index (χ0n) is 18.0. The van der Waals surface area contributed by atoms with E-state index in [9.17, 15) is 13.2 Å². The number of benzene rings is 2. The monoisotopic (exact) mass is 448 g/mol. The van der Waals surface area contributed by atoms with E-state index < -0.39 is 10.0 Å². The molecule has 0 bridgehead atoms. The molecule has 9 heteroatoms. The van der Waals surface area contributed by atoms with Crippen LogP contribution in [0.1, 0.15) is 16.8 Å². The number of para-hydroxylation sites is 2. The Bertz CT molecular complexity index is 973. The van der Waals surface area contributed by atoms with Gasteiger partial charge in [0.15, 0.2) is 0 Å². The number of hydrogen-bond acceptors (Lipinski definition) is 5. The molecule has 2 aromatic rings. The number of carbonyl (C=O) groups excluding carboxylic acids is 1. The lowest BCUT2D eigenvalue weighted by molar-refractivity contribution is -0.908. The Balaban J connectivity index is 1.58. The second kappa shape index (κ2) is 10.6. The average molecular weight is 449 g/mol. The number of methoxy groups -OCH3 is 1. The van der Waals surface area contributed by atoms with E-state index in [1.165, 1.54) is 47.6 Å². The lowest BCUT2D eigenvalue weighted by atomic mass is 10.2. The van der Waals surface area contributed by atoms with Gasteiger partial charge in [0.05, 0.1) is 37.5 Å². The highest BCUT2D eigenvalue weighted by Crippen LogP contribution is 2.30. The van der Waals surface area contributed by atoms with Crippen molar-refractivity contribution in [2.75, 3.05) is 57.9 Å². The summed E-state index contributed by atoms with van der Waals surface area (Å²) in [5.41, 5.74) is 0.867. The van der Waals surface area contributed by atoms with E-state index in [2.05, 4.69) is 5.32 Å². The summed E-state index contributed by atoms with van der Waals surface area (Å²) in [7, 11) is -0.820. The summed E-state index contributed by atoms with van der Waals surface area (Å²) in [4.78, 5) is 14.0. The van der Waals surface area contributed by atoms with Crippen molar-refractivity contribution in [3.63, 3.8) is 0 Å². The van der Waals surface area contributed by atoms with Crippen molar-refractivity contribution in [1.82, 2.24) is 5.32 Å². The summed E-state index contributed by atoms with van der Waals surface area (Å²) in [5, 5.41) is 2.90. The maximum Gasteiger partial charge on any atom is 0.264 e. The van der Waals surface area contributed by atoms with Crippen molar-refractivity contribution in [3.8, 4) is 5.75 Å². The van der Waals surface area contributed by atoms with Crippen LogP contribution in [0.4, 0.5) is 5.69 Å². The van der Waals surface area contributed by atoms with Gasteiger partial charge in [-0.2, -0.15) is 0 Å². The number of amides is 1. The number of hydrogen-bond donors (Lipinski definition) is 2. The summed E-state index contributed by atoms with van der Waals surface area (Å²) in [5.74, 6) is 0.252. The van der Waals surface area contributed by atoms with E-state index in [1.807, 2.05) is 0 Å². The minimum absolute atomic E-state index is 0.105. The van der Waals surface area contributed by atoms with Gasteiger partial charge in [-0.25, -0.2) is 8.42 Å². The van der Waals surface area contributed by atoms with Crippen LogP contribution in [-0.2, 0) is 14.8 Å². The number of carbonyl (C=O) groups is 1. The Morgan fingerprint density at radius 1 is 1.13 bits per heavy atom. The molecule has 8 nitrogen and oxygen atoms in total. The average Bonchev–Trinajstić information content (AvgIpc) is 2.82. The van der Waals surface area contributed by atoms with Crippen LogP contribution in [0.25, 0.3) is 0 Å². The number of sulfonamides is 1. The molecule has 1 aliphatic rings. The van der Waals surface area contributed by atoms with Crippen molar-refractivity contribution < 1.29 is 27.6 Å². The molecule has 1 amide bonds. The van der Waals surface area contributed by atoms with Gasteiger partial charge in [-0.3, -0.25) is 9.10 Å². The van der Waals surface area contributed by atoms with E-state index in [1.54, 1.807) is 24.3 Å². The van der Waals surface area contributed by atoms with E-state index in [4.69, 9.17) is 9.47 Å². The molecule has 31 heavy (non-hydrogen) atoms. The molecule has 0 unspecified atom stereocenters. The number of ether oxygens (including phenoxy) is 2. The molecular formula is C22H30N3O5S+. The molecule has 0 aromatic heterocycles. The number of rotatable bonds is 9. The Morgan fingerprint density at radius 2 is 1.81 bits per heavy atom. The van der Waals surface area contributed by atoms with Crippen molar-refractivity contribution >= 4 is 21.6 Å². The molecule has 1 fully saturated rings. The molecular weight excluding hydrogens is 418 g/mol. The number of nitrogens with zero attached hydrogens (tertiary/aromatic N) is 1. The topological polar surface area (TPSA) is 89.4 Å². The zero-order valence-corrected chi connectivity index (χ0v) is 18.8. The lowest BCUT2D eigenvalue weighted by Gasteiger charge is -2.23. The molecule has 0 saturated carbocycles. The maximum atomic E-state index is 13.0. The summed E-state index contributed by atoms with van der Waals surface area (Å²) in [6.07, 6.45) is 0.886. The van der Waals surface area contributed by atoms with E-state index >= 15 is 0 Å². The quantitative estimate of drug-likeness (QED) is 0.547. The van der Waals surface area contributed by atoms with Crippen molar-refractivity contribution in [1.29, 1.82) is 0 Å². The molecule has 0 aliphatic carbocycles. The number of quaternary nitrogens is 1. The Labute approximate surface area is 183 Å². The van der Waals surface area contributed by atoms with Crippen LogP contribution in [0.5, 0.6) is 5.75 Å². The summed E-state index contributed by atoms with van der Waals surface area (Å²) in [6.45, 7) is 5.18. The third-order valence-electron chi connectivity index (χ3n) is 5.39. The fourth-order valence-corrected chi connectivity index (χ4v) is 4.71. The van der Waals surface area contributed by atoms with Gasteiger partial charge >= 0.3 is 0 Å². The first-order chi connectivity index (χ1) is 14.9. The lowest BCUT2D eigenvalue weighted by Crippen LogP contribution is -3.14. The van der Waals surface area contributed by atoms with Crippen LogP contribution >= 0.6 is 0 Å². The largest absolute Gasteiger partial charge is 0.495 e. The minimum atomic E-state index is -3.79. The highest BCUT2D eigenvalue weighted by atomic mass is 32.2. The predicted octanol–water partition coefficient (Wildman–Crippen LogP) is 0.555. The van der Waals surface area contributed by atoms with Gasteiger partial charge in [0.25, 0.3) is 15.9 Å². The molecule has 1 heterocycles. The molecule has 2 N–H and O–H groups in total. The van der Waals surface area contributed by atoms with Crippen LogP contribution in [-0.4, -0.2) is 67.9 Å². The molecule has 0 radical (unpaired) electrons. The molecule has 0 atom stereocenters. The van der Waals surface area contributed by atoms with Gasteiger partial charge in [-0.05, 0) is 36.4 Å². The zero-order chi connectivity index (χ0) is 22.3. The first-order valence-electron chi connectivity index (χ1n) is 10.3. The third kappa shape index (κ3) is 5.75. The van der Waals surface area contributed by atoms with Crippen molar-refractivity contribution in [3.05, 3.63) is 54.1 Å². The fourth-order valence-electron chi connectivity index (χ4n) is 3.51. The smallest absolute Gasteiger partial charge is 0.264 e. The van der Waals surface area contributed by atoms with Gasteiger partial charge in [0, 0.05) is 25.6 Å². The third-order valence-corrected chi connectivity index (χ3v) is 7.18. The second-order valence-corrected chi connectivity index (χ2v) is 9.36. The highest BCUT2D eigenvalue weighted by Gasteiger charge is 2.24. The van der Waals surface area contributed by atoms with E-state index in [0.29, 0.717) is 23.5 Å². The van der Waals surface area contributed by atoms with Gasteiger partial charge in [-0.1, -0.05) is 12.1 Å². The predicted molar refractivity (Wildman–Crippen MR) is 118 cm³/mol. The highest BCUT2D eigenvalue weighted by molar-refractivity contribution is 7.92. The minimum Gasteiger partial charge on any atom is -0.495 e. The standard InChI is InChI=1S/C22H29N3O5S/c1-24(20-6-3-4-7-21(20)29-2)31(27,28)19-10-8-18(9-11-19)22(26)23-12-5-13-25-14-16-30-17-15-25/h3-4,6-11H,5,12-17H2,1-2H3,(H,23,26)/p+1. The van der Waals surface area contributed by atoms with Crippen LogP contribution in [0.15, 0.2) is 53.4 Å². The summed E-state index contributed by atoms with van der Waals surface area (Å²) in [6, 6.07) is 12.9. The van der Waals surface area contributed by atoms with Crippen molar-refractivity contribution in [2.45, 2.75) is 11.3 Å². The van der Waals surface area contributed by atoms with Gasteiger partial charge < -0.3 is 19.7 Å². The molecule has 3 rings (SSSR count). The van der Waals surface area contributed by atoms with Gasteiger partial charge in [0.2, 0.25) is 0 Å². The number of morpholine rings is 1.